The number of carbonyl (C=O) groups is 2. The molecule has 0 unspecified atom stereocenters. The van der Waals surface area contributed by atoms with E-state index in [1.165, 1.54) is 29.2 Å². The Morgan fingerprint density at radius 1 is 0.974 bits per heavy atom. The Balaban J connectivity index is 1.49. The highest BCUT2D eigenvalue weighted by Crippen LogP contribution is 2.24. The molecule has 0 saturated carbocycles. The monoisotopic (exact) mass is 531 g/mol. The Morgan fingerprint density at radius 3 is 2.26 bits per heavy atom. The fraction of sp³-hybridized carbons (Fsp3) is 0.226. The number of amides is 2. The second-order valence-corrected chi connectivity index (χ2v) is 9.06. The minimum Gasteiger partial charge on any atom is -0.497 e. The van der Waals surface area contributed by atoms with Gasteiger partial charge in [-0.05, 0) is 65.6 Å². The molecule has 6 nitrogen and oxygen atoms in total. The maximum Gasteiger partial charge on any atom is 0.246 e. The molecule has 4 rings (SSSR count). The molecule has 39 heavy (non-hydrogen) atoms. The summed E-state index contributed by atoms with van der Waals surface area (Å²) < 4.78 is 32.4. The first-order valence-electron chi connectivity index (χ1n) is 12.8. The smallest absolute Gasteiger partial charge is 0.246 e. The van der Waals surface area contributed by atoms with Crippen LogP contribution < -0.4 is 15.0 Å². The molecule has 3 aromatic rings. The van der Waals surface area contributed by atoms with Crippen molar-refractivity contribution in [2.75, 3.05) is 38.2 Å². The third-order valence-electron chi connectivity index (χ3n) is 6.43. The molecule has 1 aliphatic rings. The van der Waals surface area contributed by atoms with Gasteiger partial charge < -0.3 is 19.9 Å². The van der Waals surface area contributed by atoms with E-state index in [1.807, 2.05) is 37.3 Å². The number of nitrogens with zero attached hydrogens (tertiary/aromatic N) is 2. The highest BCUT2D eigenvalue weighted by Gasteiger charge is 2.28. The molecule has 0 atom stereocenters. The van der Waals surface area contributed by atoms with Crippen molar-refractivity contribution in [3.05, 3.63) is 108 Å². The third-order valence-corrected chi connectivity index (χ3v) is 6.43. The molecule has 202 valence electrons. The molecule has 2 amide bonds. The normalized spacial score (nSPS) is 14.4. The number of benzene rings is 3. The van der Waals surface area contributed by atoms with Crippen LogP contribution in [0, 0.1) is 11.6 Å². The van der Waals surface area contributed by atoms with E-state index in [9.17, 15) is 18.4 Å². The molecule has 0 bridgehead atoms. The fourth-order valence-corrected chi connectivity index (χ4v) is 4.36. The molecule has 1 N–H and O–H groups in total. The van der Waals surface area contributed by atoms with Crippen LogP contribution in [0.15, 0.2) is 84.9 Å². The second kappa shape index (κ2) is 12.9. The van der Waals surface area contributed by atoms with Gasteiger partial charge in [-0.1, -0.05) is 43.3 Å². The number of rotatable bonds is 9. The SMILES string of the molecule is CC/C=C(\C=C(/NCC(=O)N1CCN(c2cccc(OC)c2)C(=O)C1)c1ccc(F)cc1)c1ccc(F)cc1. The number of allylic oxidation sites excluding steroid dienone is 3. The summed E-state index contributed by atoms with van der Waals surface area (Å²) in [6.07, 6.45) is 4.60. The number of hydrogen-bond acceptors (Lipinski definition) is 4. The maximum atomic E-state index is 13.6. The first kappa shape index (κ1) is 27.6. The van der Waals surface area contributed by atoms with Gasteiger partial charge in [-0.3, -0.25) is 9.59 Å². The second-order valence-electron chi connectivity index (χ2n) is 9.06. The molecule has 0 radical (unpaired) electrons. The van der Waals surface area contributed by atoms with Crippen LogP contribution in [0.3, 0.4) is 0 Å². The van der Waals surface area contributed by atoms with Gasteiger partial charge in [0, 0.05) is 30.5 Å². The zero-order valence-electron chi connectivity index (χ0n) is 22.0. The Morgan fingerprint density at radius 2 is 1.64 bits per heavy atom. The molecule has 1 aliphatic heterocycles. The van der Waals surface area contributed by atoms with Crippen molar-refractivity contribution in [2.24, 2.45) is 0 Å². The predicted octanol–water partition coefficient (Wildman–Crippen LogP) is 5.27. The summed E-state index contributed by atoms with van der Waals surface area (Å²) in [6.45, 7) is 2.65. The lowest BCUT2D eigenvalue weighted by atomic mass is 10.0. The number of piperazine rings is 1. The summed E-state index contributed by atoms with van der Waals surface area (Å²) in [5, 5.41) is 3.19. The standard InChI is InChI=1S/C31H31F2N3O3/c1-3-5-24(22-8-12-25(32)13-9-22)18-29(23-10-14-26(33)15-11-23)34-20-30(37)35-16-17-36(31(38)21-35)27-6-4-7-28(19-27)39-2/h4-15,18-19,34H,3,16-17,20-21H2,1-2H3/b24-5+,29-18-. The molecule has 3 aromatic carbocycles. The van der Waals surface area contributed by atoms with Gasteiger partial charge in [0.25, 0.3) is 0 Å². The van der Waals surface area contributed by atoms with Crippen LogP contribution in [0.4, 0.5) is 14.5 Å². The van der Waals surface area contributed by atoms with Gasteiger partial charge in [0.2, 0.25) is 11.8 Å². The van der Waals surface area contributed by atoms with Gasteiger partial charge in [0.05, 0.1) is 13.7 Å². The van der Waals surface area contributed by atoms with E-state index in [4.69, 9.17) is 4.74 Å². The van der Waals surface area contributed by atoms with Crippen LogP contribution in [0.25, 0.3) is 11.3 Å². The van der Waals surface area contributed by atoms with Crippen LogP contribution >= 0.6 is 0 Å². The highest BCUT2D eigenvalue weighted by molar-refractivity contribution is 5.98. The van der Waals surface area contributed by atoms with Crippen molar-refractivity contribution < 1.29 is 23.1 Å². The van der Waals surface area contributed by atoms with E-state index in [0.29, 0.717) is 30.1 Å². The van der Waals surface area contributed by atoms with Gasteiger partial charge in [-0.15, -0.1) is 0 Å². The Labute approximate surface area is 227 Å². The number of carbonyl (C=O) groups excluding carboxylic acids is 2. The molecular formula is C31H31F2N3O3. The lowest BCUT2D eigenvalue weighted by molar-refractivity contribution is -0.135. The van der Waals surface area contributed by atoms with E-state index in [-0.39, 0.29) is 36.5 Å². The van der Waals surface area contributed by atoms with Crippen LogP contribution in [0.2, 0.25) is 0 Å². The molecule has 0 aromatic heterocycles. The quantitative estimate of drug-likeness (QED) is 0.382. The van der Waals surface area contributed by atoms with E-state index in [0.717, 1.165) is 23.2 Å². The molecule has 8 heteroatoms. The number of nitrogens with one attached hydrogen (secondary N) is 1. The summed E-state index contributed by atoms with van der Waals surface area (Å²) in [5.74, 6) is -0.460. The largest absolute Gasteiger partial charge is 0.497 e. The molecule has 1 heterocycles. The van der Waals surface area contributed by atoms with Crippen LogP contribution in [-0.4, -0.2) is 50.0 Å². The maximum absolute atomic E-state index is 13.6. The van der Waals surface area contributed by atoms with E-state index in [1.54, 1.807) is 42.3 Å². The fourth-order valence-electron chi connectivity index (χ4n) is 4.36. The molecule has 0 spiro atoms. The molecule has 0 aliphatic carbocycles. The van der Waals surface area contributed by atoms with Crippen molar-refractivity contribution >= 4 is 28.8 Å². The van der Waals surface area contributed by atoms with Crippen LogP contribution in [-0.2, 0) is 9.59 Å². The van der Waals surface area contributed by atoms with Gasteiger partial charge in [-0.2, -0.15) is 0 Å². The number of ether oxygens (including phenoxy) is 1. The highest BCUT2D eigenvalue weighted by atomic mass is 19.1. The third kappa shape index (κ3) is 7.10. The summed E-state index contributed by atoms with van der Waals surface area (Å²) in [7, 11) is 1.57. The Kier molecular flexibility index (Phi) is 9.10. The van der Waals surface area contributed by atoms with Crippen LogP contribution in [0.1, 0.15) is 24.5 Å². The van der Waals surface area contributed by atoms with Crippen molar-refractivity contribution in [3.8, 4) is 5.75 Å². The van der Waals surface area contributed by atoms with E-state index >= 15 is 0 Å². The number of anilines is 1. The zero-order valence-corrected chi connectivity index (χ0v) is 22.0. The molecule has 1 fully saturated rings. The first-order chi connectivity index (χ1) is 18.9. The van der Waals surface area contributed by atoms with Gasteiger partial charge in [0.15, 0.2) is 0 Å². The molecular weight excluding hydrogens is 500 g/mol. The average Bonchev–Trinajstić information content (AvgIpc) is 2.95. The summed E-state index contributed by atoms with van der Waals surface area (Å²) >= 11 is 0. The van der Waals surface area contributed by atoms with Crippen molar-refractivity contribution in [1.29, 1.82) is 0 Å². The number of halogens is 2. The van der Waals surface area contributed by atoms with Crippen molar-refractivity contribution in [2.45, 2.75) is 13.3 Å². The van der Waals surface area contributed by atoms with Gasteiger partial charge in [0.1, 0.15) is 23.9 Å². The van der Waals surface area contributed by atoms with Crippen LogP contribution in [0.5, 0.6) is 5.75 Å². The van der Waals surface area contributed by atoms with E-state index < -0.39 is 0 Å². The topological polar surface area (TPSA) is 61.9 Å². The van der Waals surface area contributed by atoms with Crippen molar-refractivity contribution in [1.82, 2.24) is 10.2 Å². The summed E-state index contributed by atoms with van der Waals surface area (Å²) in [6, 6.07) is 19.4. The number of hydrogen-bond donors (Lipinski definition) is 1. The van der Waals surface area contributed by atoms with Gasteiger partial charge in [-0.25, -0.2) is 8.78 Å². The molecule has 1 saturated heterocycles. The average molecular weight is 532 g/mol. The minimum absolute atomic E-state index is 0.0378. The minimum atomic E-state index is -0.371. The first-order valence-corrected chi connectivity index (χ1v) is 12.8. The lowest BCUT2D eigenvalue weighted by Gasteiger charge is -2.34. The van der Waals surface area contributed by atoms with Gasteiger partial charge >= 0.3 is 0 Å². The lowest BCUT2D eigenvalue weighted by Crippen LogP contribution is -2.53. The zero-order chi connectivity index (χ0) is 27.8. The Hall–Kier alpha value is -4.46. The Bertz CT molecular complexity index is 1370. The number of methoxy groups -OCH3 is 1. The summed E-state index contributed by atoms with van der Waals surface area (Å²) in [4.78, 5) is 29.2. The van der Waals surface area contributed by atoms with Crippen molar-refractivity contribution in [3.63, 3.8) is 0 Å². The van der Waals surface area contributed by atoms with E-state index in [2.05, 4.69) is 5.32 Å². The summed E-state index contributed by atoms with van der Waals surface area (Å²) in [5.41, 5.74) is 3.66. The predicted molar refractivity (Wildman–Crippen MR) is 149 cm³/mol.